The van der Waals surface area contributed by atoms with Crippen LogP contribution in [-0.4, -0.2) is 38.9 Å². The standard InChI is InChI=1S/C20H31N3O4S/c1-4-21-19(25)20(11-6-5-7-12-20)23-18(24)10-13-22-28(26,27)17-9-8-15(2)16(3)14-17/h8-9,14,22H,4-7,10-13H2,1-3H3,(H,21,25)(H,23,24). The molecule has 1 aromatic rings. The molecule has 0 spiro atoms. The van der Waals surface area contributed by atoms with Crippen LogP contribution in [0.3, 0.4) is 0 Å². The zero-order chi connectivity index (χ0) is 20.8. The van der Waals surface area contributed by atoms with Crippen molar-refractivity contribution >= 4 is 21.8 Å². The number of rotatable bonds is 8. The number of likely N-dealkylation sites (N-methyl/N-ethyl adjacent to an activating group) is 1. The first-order valence-corrected chi connectivity index (χ1v) is 11.3. The van der Waals surface area contributed by atoms with Gasteiger partial charge in [0, 0.05) is 19.5 Å². The fraction of sp³-hybridized carbons (Fsp3) is 0.600. The minimum Gasteiger partial charge on any atom is -0.354 e. The number of carbonyl (C=O) groups is 2. The van der Waals surface area contributed by atoms with Crippen molar-refractivity contribution in [3.8, 4) is 0 Å². The highest BCUT2D eigenvalue weighted by Crippen LogP contribution is 2.28. The molecule has 2 amide bonds. The molecule has 0 atom stereocenters. The van der Waals surface area contributed by atoms with Crippen molar-refractivity contribution in [2.45, 2.75) is 69.7 Å². The van der Waals surface area contributed by atoms with Crippen LogP contribution >= 0.6 is 0 Å². The highest BCUT2D eigenvalue weighted by atomic mass is 32.2. The van der Waals surface area contributed by atoms with Crippen LogP contribution in [0.2, 0.25) is 0 Å². The first kappa shape index (κ1) is 22.4. The van der Waals surface area contributed by atoms with E-state index in [1.807, 2.05) is 20.8 Å². The number of aryl methyl sites for hydroxylation is 2. The molecule has 0 heterocycles. The Bertz CT molecular complexity index is 815. The van der Waals surface area contributed by atoms with E-state index in [-0.39, 0.29) is 29.7 Å². The van der Waals surface area contributed by atoms with Gasteiger partial charge >= 0.3 is 0 Å². The Morgan fingerprint density at radius 2 is 1.75 bits per heavy atom. The van der Waals surface area contributed by atoms with Crippen molar-refractivity contribution in [1.29, 1.82) is 0 Å². The third-order valence-corrected chi connectivity index (χ3v) is 6.75. The summed E-state index contributed by atoms with van der Waals surface area (Å²) >= 11 is 0. The summed E-state index contributed by atoms with van der Waals surface area (Å²) in [4.78, 5) is 25.1. The maximum Gasteiger partial charge on any atom is 0.245 e. The van der Waals surface area contributed by atoms with Gasteiger partial charge in [-0.15, -0.1) is 0 Å². The van der Waals surface area contributed by atoms with Crippen molar-refractivity contribution in [2.75, 3.05) is 13.1 Å². The molecule has 0 radical (unpaired) electrons. The first-order valence-electron chi connectivity index (χ1n) is 9.86. The molecular weight excluding hydrogens is 378 g/mol. The van der Waals surface area contributed by atoms with Gasteiger partial charge < -0.3 is 10.6 Å². The number of carbonyl (C=O) groups excluding carboxylic acids is 2. The van der Waals surface area contributed by atoms with Gasteiger partial charge in [0.05, 0.1) is 4.90 Å². The molecule has 1 aliphatic rings. The Morgan fingerprint density at radius 3 is 2.36 bits per heavy atom. The van der Waals surface area contributed by atoms with Crippen molar-refractivity contribution in [3.05, 3.63) is 29.3 Å². The van der Waals surface area contributed by atoms with Crippen LogP contribution in [0, 0.1) is 13.8 Å². The molecule has 0 aromatic heterocycles. The molecule has 0 aliphatic heterocycles. The lowest BCUT2D eigenvalue weighted by atomic mass is 9.80. The molecule has 0 saturated heterocycles. The maximum atomic E-state index is 12.5. The molecule has 0 bridgehead atoms. The molecule has 0 unspecified atom stereocenters. The lowest BCUT2D eigenvalue weighted by Crippen LogP contribution is -2.59. The highest BCUT2D eigenvalue weighted by molar-refractivity contribution is 7.89. The van der Waals surface area contributed by atoms with Crippen LogP contribution in [0.25, 0.3) is 0 Å². The summed E-state index contributed by atoms with van der Waals surface area (Å²) in [6.45, 7) is 6.10. The topological polar surface area (TPSA) is 104 Å². The molecule has 1 saturated carbocycles. The largest absolute Gasteiger partial charge is 0.354 e. The minimum absolute atomic E-state index is 0.0213. The van der Waals surface area contributed by atoms with Gasteiger partial charge in [0.2, 0.25) is 21.8 Å². The lowest BCUT2D eigenvalue weighted by Gasteiger charge is -2.36. The van der Waals surface area contributed by atoms with Crippen LogP contribution in [0.5, 0.6) is 0 Å². The molecule has 2 rings (SSSR count). The summed E-state index contributed by atoms with van der Waals surface area (Å²) in [5.41, 5.74) is 1.03. The maximum absolute atomic E-state index is 12.5. The quantitative estimate of drug-likeness (QED) is 0.610. The predicted octanol–water partition coefficient (Wildman–Crippen LogP) is 1.93. The highest BCUT2D eigenvalue weighted by Gasteiger charge is 2.40. The van der Waals surface area contributed by atoms with Crippen LogP contribution in [0.1, 0.15) is 56.6 Å². The van der Waals surface area contributed by atoms with Crippen molar-refractivity contribution < 1.29 is 18.0 Å². The van der Waals surface area contributed by atoms with E-state index in [1.54, 1.807) is 18.2 Å². The summed E-state index contributed by atoms with van der Waals surface area (Å²) in [6, 6.07) is 4.93. The van der Waals surface area contributed by atoms with E-state index in [0.29, 0.717) is 19.4 Å². The fourth-order valence-electron chi connectivity index (χ4n) is 3.49. The normalized spacial score (nSPS) is 16.4. The van der Waals surface area contributed by atoms with Gasteiger partial charge in [-0.1, -0.05) is 25.3 Å². The van der Waals surface area contributed by atoms with Crippen molar-refractivity contribution in [2.24, 2.45) is 0 Å². The van der Waals surface area contributed by atoms with E-state index in [9.17, 15) is 18.0 Å². The number of amides is 2. The molecule has 3 N–H and O–H groups in total. The van der Waals surface area contributed by atoms with Gasteiger partial charge in [0.25, 0.3) is 0 Å². The predicted molar refractivity (Wildman–Crippen MR) is 108 cm³/mol. The van der Waals surface area contributed by atoms with E-state index in [1.165, 1.54) is 0 Å². The third-order valence-electron chi connectivity index (χ3n) is 5.29. The summed E-state index contributed by atoms with van der Waals surface area (Å²) in [6.07, 6.45) is 4.02. The SMILES string of the molecule is CCNC(=O)C1(NC(=O)CCNS(=O)(=O)c2ccc(C)c(C)c2)CCCCC1. The van der Waals surface area contributed by atoms with Crippen LogP contribution in [0.15, 0.2) is 23.1 Å². The number of sulfonamides is 1. The van der Waals surface area contributed by atoms with Gasteiger partial charge in [0.15, 0.2) is 0 Å². The zero-order valence-electron chi connectivity index (χ0n) is 16.9. The average Bonchev–Trinajstić information content (AvgIpc) is 2.64. The Balaban J connectivity index is 1.95. The summed E-state index contributed by atoms with van der Waals surface area (Å²) in [5.74, 6) is -0.477. The molecule has 1 aromatic carbocycles. The lowest BCUT2D eigenvalue weighted by molar-refractivity contribution is -0.135. The Labute approximate surface area is 167 Å². The molecule has 1 fully saturated rings. The Morgan fingerprint density at radius 1 is 1.07 bits per heavy atom. The van der Waals surface area contributed by atoms with Crippen LogP contribution in [-0.2, 0) is 19.6 Å². The molecule has 156 valence electrons. The van der Waals surface area contributed by atoms with Gasteiger partial charge in [-0.2, -0.15) is 0 Å². The zero-order valence-corrected chi connectivity index (χ0v) is 17.7. The van der Waals surface area contributed by atoms with E-state index in [0.717, 1.165) is 30.4 Å². The molecule has 7 nitrogen and oxygen atoms in total. The molecule has 1 aliphatic carbocycles. The summed E-state index contributed by atoms with van der Waals surface area (Å²) in [7, 11) is -3.68. The second-order valence-corrected chi connectivity index (χ2v) is 9.21. The van der Waals surface area contributed by atoms with E-state index in [4.69, 9.17) is 0 Å². The van der Waals surface area contributed by atoms with E-state index >= 15 is 0 Å². The monoisotopic (exact) mass is 409 g/mol. The Kier molecular flexibility index (Phi) is 7.60. The van der Waals surface area contributed by atoms with Gasteiger partial charge in [-0.05, 0) is 56.9 Å². The number of nitrogens with one attached hydrogen (secondary N) is 3. The van der Waals surface area contributed by atoms with Crippen LogP contribution in [0.4, 0.5) is 0 Å². The fourth-order valence-corrected chi connectivity index (χ4v) is 4.60. The van der Waals surface area contributed by atoms with Gasteiger partial charge in [-0.25, -0.2) is 13.1 Å². The second-order valence-electron chi connectivity index (χ2n) is 7.44. The van der Waals surface area contributed by atoms with Gasteiger partial charge in [0.1, 0.15) is 5.54 Å². The van der Waals surface area contributed by atoms with Crippen LogP contribution < -0.4 is 15.4 Å². The van der Waals surface area contributed by atoms with Crippen molar-refractivity contribution in [3.63, 3.8) is 0 Å². The number of hydrogen-bond acceptors (Lipinski definition) is 4. The average molecular weight is 410 g/mol. The molecular formula is C20H31N3O4S. The Hall–Kier alpha value is -1.93. The number of hydrogen-bond donors (Lipinski definition) is 3. The summed E-state index contributed by atoms with van der Waals surface area (Å²) < 4.78 is 27.3. The smallest absolute Gasteiger partial charge is 0.245 e. The third kappa shape index (κ3) is 5.54. The van der Waals surface area contributed by atoms with E-state index in [2.05, 4.69) is 15.4 Å². The molecule has 8 heteroatoms. The minimum atomic E-state index is -3.68. The van der Waals surface area contributed by atoms with E-state index < -0.39 is 15.6 Å². The number of benzene rings is 1. The molecule has 28 heavy (non-hydrogen) atoms. The van der Waals surface area contributed by atoms with Gasteiger partial charge in [-0.3, -0.25) is 9.59 Å². The summed E-state index contributed by atoms with van der Waals surface area (Å²) in [5, 5.41) is 5.68. The second kappa shape index (κ2) is 9.52. The van der Waals surface area contributed by atoms with Crippen molar-refractivity contribution in [1.82, 2.24) is 15.4 Å². The first-order chi connectivity index (χ1) is 13.2.